The molecule has 0 N–H and O–H groups in total. The third-order valence-electron chi connectivity index (χ3n) is 2.91. The van der Waals surface area contributed by atoms with Crippen LogP contribution in [0.3, 0.4) is 0 Å². The van der Waals surface area contributed by atoms with E-state index in [1.54, 1.807) is 0 Å². The summed E-state index contributed by atoms with van der Waals surface area (Å²) in [5.41, 5.74) is -0.984. The van der Waals surface area contributed by atoms with Gasteiger partial charge in [0.2, 0.25) is 5.28 Å². The monoisotopic (exact) mass is 279 g/mol. The topological polar surface area (TPSA) is 29.0 Å². The second kappa shape index (κ2) is 5.30. The van der Waals surface area contributed by atoms with Crippen LogP contribution >= 0.6 is 11.6 Å². The summed E-state index contributed by atoms with van der Waals surface area (Å²) in [6.45, 7) is 1.43. The van der Waals surface area contributed by atoms with E-state index in [1.807, 2.05) is 4.90 Å². The quantitative estimate of drug-likeness (QED) is 0.737. The molecule has 1 aromatic heterocycles. The minimum absolute atomic E-state index is 0.268. The highest BCUT2D eigenvalue weighted by Crippen LogP contribution is 2.31. The van der Waals surface area contributed by atoms with Gasteiger partial charge in [0, 0.05) is 19.2 Å². The van der Waals surface area contributed by atoms with Gasteiger partial charge in [0.05, 0.1) is 0 Å². The molecule has 0 bridgehead atoms. The van der Waals surface area contributed by atoms with Gasteiger partial charge in [-0.05, 0) is 24.4 Å². The van der Waals surface area contributed by atoms with Gasteiger partial charge in [-0.1, -0.05) is 12.8 Å². The Kier molecular flexibility index (Phi) is 3.94. The van der Waals surface area contributed by atoms with Crippen molar-refractivity contribution >= 4 is 17.4 Å². The van der Waals surface area contributed by atoms with Crippen LogP contribution in [0.15, 0.2) is 6.07 Å². The first-order chi connectivity index (χ1) is 8.47. The first kappa shape index (κ1) is 13.4. The number of aromatic nitrogens is 2. The van der Waals surface area contributed by atoms with Crippen molar-refractivity contribution in [1.29, 1.82) is 0 Å². The summed E-state index contributed by atoms with van der Waals surface area (Å²) in [5.74, 6) is 0.268. The summed E-state index contributed by atoms with van der Waals surface area (Å²) in [6, 6.07) is 0.969. The lowest BCUT2D eigenvalue weighted by atomic mass is 10.2. The van der Waals surface area contributed by atoms with Gasteiger partial charge < -0.3 is 4.90 Å². The van der Waals surface area contributed by atoms with Crippen molar-refractivity contribution in [3.8, 4) is 0 Å². The molecular formula is C11H13ClF3N3. The zero-order chi connectivity index (χ0) is 13.2. The minimum atomic E-state index is -4.49. The van der Waals surface area contributed by atoms with Crippen molar-refractivity contribution in [2.75, 3.05) is 18.0 Å². The van der Waals surface area contributed by atoms with Gasteiger partial charge in [-0.25, -0.2) is 9.97 Å². The van der Waals surface area contributed by atoms with Crippen molar-refractivity contribution in [2.24, 2.45) is 0 Å². The van der Waals surface area contributed by atoms with Crippen LogP contribution in [-0.2, 0) is 6.18 Å². The Balaban J connectivity index is 2.29. The predicted octanol–water partition coefficient (Wildman–Crippen LogP) is 3.53. The third kappa shape index (κ3) is 3.25. The molecule has 2 rings (SSSR count). The second-order valence-electron chi connectivity index (χ2n) is 4.28. The molecule has 1 saturated heterocycles. The van der Waals surface area contributed by atoms with Crippen molar-refractivity contribution in [1.82, 2.24) is 9.97 Å². The van der Waals surface area contributed by atoms with Gasteiger partial charge in [0.25, 0.3) is 0 Å². The fourth-order valence-electron chi connectivity index (χ4n) is 2.01. The van der Waals surface area contributed by atoms with Crippen molar-refractivity contribution < 1.29 is 13.2 Å². The molecule has 18 heavy (non-hydrogen) atoms. The summed E-state index contributed by atoms with van der Waals surface area (Å²) in [6.07, 6.45) is -0.373. The molecular weight excluding hydrogens is 267 g/mol. The highest BCUT2D eigenvalue weighted by molar-refractivity contribution is 6.28. The van der Waals surface area contributed by atoms with E-state index < -0.39 is 11.9 Å². The predicted molar refractivity (Wildman–Crippen MR) is 62.7 cm³/mol. The van der Waals surface area contributed by atoms with Gasteiger partial charge in [0.1, 0.15) is 5.82 Å². The molecule has 1 aliphatic rings. The van der Waals surface area contributed by atoms with E-state index >= 15 is 0 Å². The zero-order valence-corrected chi connectivity index (χ0v) is 10.4. The number of rotatable bonds is 1. The minimum Gasteiger partial charge on any atom is -0.356 e. The van der Waals surface area contributed by atoms with E-state index in [0.29, 0.717) is 13.1 Å². The van der Waals surface area contributed by atoms with Crippen molar-refractivity contribution in [3.05, 3.63) is 17.0 Å². The fourth-order valence-corrected chi connectivity index (χ4v) is 2.19. The number of hydrogen-bond donors (Lipinski definition) is 0. The summed E-state index contributed by atoms with van der Waals surface area (Å²) in [7, 11) is 0. The Hall–Kier alpha value is -1.04. The molecule has 1 aliphatic heterocycles. The normalized spacial score (nSPS) is 17.7. The fraction of sp³-hybridized carbons (Fsp3) is 0.636. The standard InChI is InChI=1S/C11H13ClF3N3/c12-10-16-8(11(13,14)15)7-9(17-10)18-5-3-1-2-4-6-18/h7H,1-6H2. The SMILES string of the molecule is FC(F)(F)c1cc(N2CCCCCC2)nc(Cl)n1. The van der Waals surface area contributed by atoms with Crippen LogP contribution in [0.25, 0.3) is 0 Å². The van der Waals surface area contributed by atoms with E-state index in [-0.39, 0.29) is 11.1 Å². The van der Waals surface area contributed by atoms with Crippen molar-refractivity contribution in [3.63, 3.8) is 0 Å². The number of anilines is 1. The molecule has 1 aromatic rings. The van der Waals surface area contributed by atoms with E-state index in [9.17, 15) is 13.2 Å². The highest BCUT2D eigenvalue weighted by Gasteiger charge is 2.34. The van der Waals surface area contributed by atoms with Crippen molar-refractivity contribution in [2.45, 2.75) is 31.9 Å². The van der Waals surface area contributed by atoms with Crippen LogP contribution < -0.4 is 4.90 Å². The zero-order valence-electron chi connectivity index (χ0n) is 9.67. The molecule has 0 spiro atoms. The number of nitrogens with zero attached hydrogens (tertiary/aromatic N) is 3. The van der Waals surface area contributed by atoms with Gasteiger partial charge in [-0.3, -0.25) is 0 Å². The van der Waals surface area contributed by atoms with E-state index in [4.69, 9.17) is 11.6 Å². The Morgan fingerprint density at radius 2 is 1.67 bits per heavy atom. The Labute approximate surface area is 108 Å². The molecule has 0 aromatic carbocycles. The molecule has 1 fully saturated rings. The Bertz CT molecular complexity index is 414. The first-order valence-electron chi connectivity index (χ1n) is 5.83. The summed E-state index contributed by atoms with van der Waals surface area (Å²) in [5, 5.41) is -0.357. The lowest BCUT2D eigenvalue weighted by molar-refractivity contribution is -0.141. The Morgan fingerprint density at radius 1 is 1.06 bits per heavy atom. The number of halogens is 4. The average molecular weight is 280 g/mol. The maximum absolute atomic E-state index is 12.6. The van der Waals surface area contributed by atoms with Gasteiger partial charge >= 0.3 is 6.18 Å². The van der Waals surface area contributed by atoms with Gasteiger partial charge in [-0.15, -0.1) is 0 Å². The summed E-state index contributed by atoms with van der Waals surface area (Å²) >= 11 is 5.57. The largest absolute Gasteiger partial charge is 0.433 e. The van der Waals surface area contributed by atoms with E-state index in [1.165, 1.54) is 0 Å². The molecule has 0 aliphatic carbocycles. The smallest absolute Gasteiger partial charge is 0.356 e. The molecule has 0 saturated carbocycles. The molecule has 0 atom stereocenters. The molecule has 0 radical (unpaired) electrons. The number of hydrogen-bond acceptors (Lipinski definition) is 3. The summed E-state index contributed by atoms with van der Waals surface area (Å²) in [4.78, 5) is 8.96. The van der Waals surface area contributed by atoms with Crippen LogP contribution in [0.2, 0.25) is 5.28 Å². The molecule has 7 heteroatoms. The van der Waals surface area contributed by atoms with Crippen LogP contribution in [0.5, 0.6) is 0 Å². The first-order valence-corrected chi connectivity index (χ1v) is 6.21. The molecule has 0 unspecified atom stereocenters. The second-order valence-corrected chi connectivity index (χ2v) is 4.62. The maximum Gasteiger partial charge on any atom is 0.433 e. The summed E-state index contributed by atoms with van der Waals surface area (Å²) < 4.78 is 37.9. The molecule has 3 nitrogen and oxygen atoms in total. The molecule has 2 heterocycles. The van der Waals surface area contributed by atoms with Crippen LogP contribution in [-0.4, -0.2) is 23.1 Å². The van der Waals surface area contributed by atoms with E-state index in [0.717, 1.165) is 31.7 Å². The maximum atomic E-state index is 12.6. The third-order valence-corrected chi connectivity index (χ3v) is 3.07. The molecule has 100 valence electrons. The van der Waals surface area contributed by atoms with E-state index in [2.05, 4.69) is 9.97 Å². The Morgan fingerprint density at radius 3 is 2.22 bits per heavy atom. The van der Waals surface area contributed by atoms with Crippen LogP contribution in [0.1, 0.15) is 31.4 Å². The average Bonchev–Trinajstić information content (AvgIpc) is 2.55. The highest BCUT2D eigenvalue weighted by atomic mass is 35.5. The van der Waals surface area contributed by atoms with Crippen LogP contribution in [0.4, 0.5) is 19.0 Å². The lowest BCUT2D eigenvalue weighted by Crippen LogP contribution is -2.26. The lowest BCUT2D eigenvalue weighted by Gasteiger charge is -2.22. The molecule has 0 amide bonds. The van der Waals surface area contributed by atoms with Crippen LogP contribution in [0, 0.1) is 0 Å². The number of alkyl halides is 3. The van der Waals surface area contributed by atoms with Gasteiger partial charge in [0.15, 0.2) is 5.69 Å². The van der Waals surface area contributed by atoms with Gasteiger partial charge in [-0.2, -0.15) is 13.2 Å².